The summed E-state index contributed by atoms with van der Waals surface area (Å²) in [5, 5.41) is 5.18. The number of sulfonamides is 1. The predicted octanol–water partition coefficient (Wildman–Crippen LogP) is 2.67. The van der Waals surface area contributed by atoms with E-state index in [2.05, 4.69) is 0 Å². The smallest absolute Gasteiger partial charge is 0.238 e. The van der Waals surface area contributed by atoms with Crippen LogP contribution in [-0.4, -0.2) is 8.42 Å². The first-order valence-corrected chi connectivity index (χ1v) is 7.83. The zero-order valence-corrected chi connectivity index (χ0v) is 12.6. The van der Waals surface area contributed by atoms with Crippen LogP contribution < -0.4 is 9.88 Å². The lowest BCUT2D eigenvalue weighted by molar-refractivity contribution is 0.305. The van der Waals surface area contributed by atoms with Gasteiger partial charge in [-0.1, -0.05) is 12.1 Å². The molecule has 4 nitrogen and oxygen atoms in total. The van der Waals surface area contributed by atoms with E-state index < -0.39 is 10.0 Å². The molecule has 2 N–H and O–H groups in total. The quantitative estimate of drug-likeness (QED) is 0.944. The lowest BCUT2D eigenvalue weighted by Gasteiger charge is -2.12. The van der Waals surface area contributed by atoms with Crippen molar-refractivity contribution < 1.29 is 17.5 Å². The summed E-state index contributed by atoms with van der Waals surface area (Å²) in [6.07, 6.45) is 0. The van der Waals surface area contributed by atoms with Crippen molar-refractivity contribution in [1.82, 2.24) is 0 Å². The van der Waals surface area contributed by atoms with E-state index in [9.17, 15) is 12.8 Å². The molecule has 0 heterocycles. The summed E-state index contributed by atoms with van der Waals surface area (Å²) in [6, 6.07) is 9.23. The van der Waals surface area contributed by atoms with Gasteiger partial charge < -0.3 is 4.74 Å². The molecule has 0 saturated heterocycles. The lowest BCUT2D eigenvalue weighted by Crippen LogP contribution is -2.15. The van der Waals surface area contributed by atoms with Crippen LogP contribution in [0.15, 0.2) is 41.3 Å². The van der Waals surface area contributed by atoms with Gasteiger partial charge in [0.1, 0.15) is 18.2 Å². The molecule has 0 aliphatic rings. The molecule has 0 amide bonds. The van der Waals surface area contributed by atoms with E-state index >= 15 is 0 Å². The predicted molar refractivity (Wildman–Crippen MR) is 78.0 cm³/mol. The van der Waals surface area contributed by atoms with E-state index in [4.69, 9.17) is 9.88 Å². The standard InChI is InChI=1S/C15H16FNO3S/c1-10-7-14(8-11(2)15(10)21(17,18)19)20-9-12-3-5-13(16)6-4-12/h3-8H,9H2,1-2H3,(H2,17,18,19). The average Bonchev–Trinajstić information content (AvgIpc) is 2.35. The first-order valence-electron chi connectivity index (χ1n) is 6.28. The van der Waals surface area contributed by atoms with Crippen molar-refractivity contribution in [3.63, 3.8) is 0 Å². The van der Waals surface area contributed by atoms with Crippen molar-refractivity contribution in [3.8, 4) is 5.75 Å². The van der Waals surface area contributed by atoms with Crippen LogP contribution in [0, 0.1) is 19.7 Å². The van der Waals surface area contributed by atoms with E-state index in [1.54, 1.807) is 38.1 Å². The molecule has 0 unspecified atom stereocenters. The molecule has 6 heteroatoms. The van der Waals surface area contributed by atoms with Crippen LogP contribution in [0.2, 0.25) is 0 Å². The van der Waals surface area contributed by atoms with Crippen LogP contribution in [0.25, 0.3) is 0 Å². The van der Waals surface area contributed by atoms with Gasteiger partial charge in [0.2, 0.25) is 10.0 Å². The number of aryl methyl sites for hydroxylation is 2. The average molecular weight is 309 g/mol. The molecular weight excluding hydrogens is 293 g/mol. The van der Waals surface area contributed by atoms with Gasteiger partial charge >= 0.3 is 0 Å². The van der Waals surface area contributed by atoms with Gasteiger partial charge in [0.05, 0.1) is 4.90 Å². The molecule has 0 bridgehead atoms. The number of benzene rings is 2. The van der Waals surface area contributed by atoms with E-state index in [1.807, 2.05) is 0 Å². The molecule has 0 atom stereocenters. The fourth-order valence-electron chi connectivity index (χ4n) is 2.19. The van der Waals surface area contributed by atoms with E-state index in [1.165, 1.54) is 12.1 Å². The number of nitrogens with two attached hydrogens (primary N) is 1. The van der Waals surface area contributed by atoms with Gasteiger partial charge in [-0.05, 0) is 54.8 Å². The van der Waals surface area contributed by atoms with Crippen LogP contribution in [-0.2, 0) is 16.6 Å². The van der Waals surface area contributed by atoms with Gasteiger partial charge in [-0.15, -0.1) is 0 Å². The maximum atomic E-state index is 12.8. The Morgan fingerprint density at radius 1 is 1.10 bits per heavy atom. The number of rotatable bonds is 4. The molecule has 0 fully saturated rings. The van der Waals surface area contributed by atoms with Crippen molar-refractivity contribution in [2.45, 2.75) is 25.3 Å². The van der Waals surface area contributed by atoms with Crippen molar-refractivity contribution >= 4 is 10.0 Å². The molecule has 112 valence electrons. The Bertz CT molecular complexity index is 732. The summed E-state index contributed by atoms with van der Waals surface area (Å²) in [5.41, 5.74) is 1.89. The van der Waals surface area contributed by atoms with E-state index in [-0.39, 0.29) is 17.3 Å². The molecule has 0 aromatic heterocycles. The minimum atomic E-state index is -3.75. The minimum absolute atomic E-state index is 0.122. The molecule has 2 aromatic rings. The lowest BCUT2D eigenvalue weighted by atomic mass is 10.1. The third kappa shape index (κ3) is 3.80. The van der Waals surface area contributed by atoms with Crippen LogP contribution in [0.1, 0.15) is 16.7 Å². The Kier molecular flexibility index (Phi) is 4.29. The van der Waals surface area contributed by atoms with Gasteiger partial charge in [-0.3, -0.25) is 0 Å². The third-order valence-corrected chi connectivity index (χ3v) is 4.25. The molecule has 0 spiro atoms. The van der Waals surface area contributed by atoms with Gasteiger partial charge in [-0.2, -0.15) is 0 Å². The van der Waals surface area contributed by atoms with Crippen molar-refractivity contribution in [1.29, 1.82) is 0 Å². The van der Waals surface area contributed by atoms with Crippen LogP contribution in [0.5, 0.6) is 5.75 Å². The normalized spacial score (nSPS) is 11.4. The Morgan fingerprint density at radius 3 is 2.10 bits per heavy atom. The Balaban J connectivity index is 2.21. The van der Waals surface area contributed by atoms with Crippen LogP contribution in [0.4, 0.5) is 4.39 Å². The van der Waals surface area contributed by atoms with Crippen molar-refractivity contribution in [2.24, 2.45) is 5.14 Å². The molecule has 2 aromatic carbocycles. The fourth-order valence-corrected chi connectivity index (χ4v) is 3.21. The summed E-state index contributed by atoms with van der Waals surface area (Å²) < 4.78 is 41.4. The van der Waals surface area contributed by atoms with E-state index in [0.717, 1.165) is 5.56 Å². The number of hydrogen-bond acceptors (Lipinski definition) is 3. The SMILES string of the molecule is Cc1cc(OCc2ccc(F)cc2)cc(C)c1S(N)(=O)=O. The van der Waals surface area contributed by atoms with Crippen molar-refractivity contribution in [2.75, 3.05) is 0 Å². The van der Waals surface area contributed by atoms with Crippen LogP contribution >= 0.6 is 0 Å². The molecule has 21 heavy (non-hydrogen) atoms. The number of hydrogen-bond donors (Lipinski definition) is 1. The van der Waals surface area contributed by atoms with Crippen molar-refractivity contribution in [3.05, 3.63) is 58.9 Å². The summed E-state index contributed by atoms with van der Waals surface area (Å²) in [6.45, 7) is 3.60. The summed E-state index contributed by atoms with van der Waals surface area (Å²) in [7, 11) is -3.75. The molecular formula is C15H16FNO3S. The number of halogens is 1. The highest BCUT2D eigenvalue weighted by molar-refractivity contribution is 7.89. The summed E-state index contributed by atoms with van der Waals surface area (Å²) in [4.78, 5) is 0.122. The first kappa shape index (κ1) is 15.5. The molecule has 0 radical (unpaired) electrons. The Hall–Kier alpha value is -1.92. The fraction of sp³-hybridized carbons (Fsp3) is 0.200. The Morgan fingerprint density at radius 2 is 1.62 bits per heavy atom. The first-order chi connectivity index (χ1) is 9.77. The molecule has 0 saturated carbocycles. The maximum absolute atomic E-state index is 12.8. The highest BCUT2D eigenvalue weighted by atomic mass is 32.2. The second kappa shape index (κ2) is 5.83. The van der Waals surface area contributed by atoms with Crippen LogP contribution in [0.3, 0.4) is 0 Å². The second-order valence-corrected chi connectivity index (χ2v) is 6.34. The number of primary sulfonamides is 1. The highest BCUT2D eigenvalue weighted by Gasteiger charge is 2.16. The maximum Gasteiger partial charge on any atom is 0.238 e. The van der Waals surface area contributed by atoms with Gasteiger partial charge in [0, 0.05) is 0 Å². The number of ether oxygens (including phenoxy) is 1. The molecule has 2 rings (SSSR count). The minimum Gasteiger partial charge on any atom is -0.489 e. The Labute approximate surface area is 123 Å². The zero-order chi connectivity index (χ0) is 15.6. The van der Waals surface area contributed by atoms with Gasteiger partial charge in [0.15, 0.2) is 0 Å². The molecule has 0 aliphatic carbocycles. The van der Waals surface area contributed by atoms with Gasteiger partial charge in [0.25, 0.3) is 0 Å². The summed E-state index contributed by atoms with van der Waals surface area (Å²) >= 11 is 0. The van der Waals surface area contributed by atoms with E-state index in [0.29, 0.717) is 16.9 Å². The second-order valence-electron chi connectivity index (χ2n) is 4.85. The third-order valence-electron chi connectivity index (χ3n) is 3.04. The monoisotopic (exact) mass is 309 g/mol. The highest BCUT2D eigenvalue weighted by Crippen LogP contribution is 2.25. The van der Waals surface area contributed by atoms with Gasteiger partial charge in [-0.25, -0.2) is 17.9 Å². The topological polar surface area (TPSA) is 69.4 Å². The largest absolute Gasteiger partial charge is 0.489 e. The summed E-state index contributed by atoms with van der Waals surface area (Å²) in [5.74, 6) is 0.240. The molecule has 0 aliphatic heterocycles. The zero-order valence-electron chi connectivity index (χ0n) is 11.8.